The van der Waals surface area contributed by atoms with Crippen molar-refractivity contribution < 1.29 is 140 Å². The summed E-state index contributed by atoms with van der Waals surface area (Å²) in [5.74, 6) is 4.22. The molecule has 0 amide bonds. The quantitative estimate of drug-likeness (QED) is 0.0722. The second-order valence-corrected chi connectivity index (χ2v) is 29.3. The summed E-state index contributed by atoms with van der Waals surface area (Å²) in [6.07, 6.45) is 33.9. The predicted octanol–water partition coefficient (Wildman–Crippen LogP) is 21.0. The van der Waals surface area contributed by atoms with E-state index in [4.69, 9.17) is 0 Å². The molecule has 7 aromatic carbocycles. The molecule has 1 unspecified atom stereocenters. The van der Waals surface area contributed by atoms with Crippen LogP contribution in [0, 0.1) is 89.1 Å². The summed E-state index contributed by atoms with van der Waals surface area (Å²) < 4.78 is 22.2. The van der Waals surface area contributed by atoms with Gasteiger partial charge in [-0.25, -0.2) is 39.0 Å². The van der Waals surface area contributed by atoms with E-state index in [1.165, 1.54) is 127 Å². The molecule has 0 saturated carbocycles. The van der Waals surface area contributed by atoms with E-state index in [2.05, 4.69) is 354 Å². The van der Waals surface area contributed by atoms with E-state index in [1.807, 2.05) is 98.0 Å². The van der Waals surface area contributed by atoms with E-state index in [1.54, 1.807) is 0 Å². The zero-order chi connectivity index (χ0) is 75.2. The molecule has 0 N–H and O–H groups in total. The predicted molar refractivity (Wildman–Crippen MR) is 519 cm³/mol. The van der Waals surface area contributed by atoms with Gasteiger partial charge in [0.25, 0.3) is 11.3 Å². The van der Waals surface area contributed by atoms with Crippen molar-refractivity contribution in [2.75, 3.05) is 9.80 Å². The third-order valence-corrected chi connectivity index (χ3v) is 22.7. The molecular weight excluding hydrogens is 1940 g/mol. The van der Waals surface area contributed by atoms with Crippen LogP contribution in [0.25, 0.3) is 117 Å². The number of fused-ring (bicyclic) bond motifs is 18. The molecule has 20 aromatic rings. The van der Waals surface area contributed by atoms with Crippen molar-refractivity contribution in [3.8, 4) is 62.2 Å². The van der Waals surface area contributed by atoms with Crippen molar-refractivity contribution in [2.45, 2.75) is 45.3 Å². The molecular formula is C108H109N18Zn6+5. The van der Waals surface area contributed by atoms with E-state index < -0.39 is 0 Å². The van der Waals surface area contributed by atoms with Crippen LogP contribution in [-0.4, -0.2) is 58.9 Å². The van der Waals surface area contributed by atoms with E-state index in [9.17, 15) is 0 Å². The van der Waals surface area contributed by atoms with Crippen LogP contribution in [0.15, 0.2) is 366 Å². The summed E-state index contributed by atoms with van der Waals surface area (Å²) in [5.41, 5.74) is 23.6. The standard InChI is InChI=1S/C21H14N3.C21H16N3.C15H10N3.C15H13N3.C15H12N3.C9H8N3.12CH3.6Zn/c1-2-6-14(7-3-1)18-13-24-20-17(10-5-11-22-20)16-9-4-8-15-12-23(18)21(24)19(15)16;1-3-8-16(9-4-1)19-15-24-21-18(12-7-13-22-21)14-23(24)20(19)17-10-5-2-6-11-17;1-3-10-9-17-7-8-18-14-12(5-2-6-16-14)11(4-1)13(10)15(17)18;1-2-6-13(7-3-1)17-9-10-18-14(17)11-12-5-4-8-16-15(12)18;1-2-5-12(6-3-1)14-10-17-9-13-7-4-8-16-15(13)18(17)11-14;1-3-8-7-11-5-2-6-12(11)9(8)10-4-1;;;;;;;;;;;;;;;;;;/h1-11,13H,12H2;1-13,15H,14H2;1-8H,9H2;1-10,14H,11H2;1-8,10-11H,9H2;1-6H,7H2;12*1H3;;;;;;/q3*+1;;2*+1;12*-1;6*+2. The Balaban J connectivity index is 0.000000326. The minimum absolute atomic E-state index is 0. The van der Waals surface area contributed by atoms with Crippen molar-refractivity contribution >= 4 is 66.4 Å². The molecule has 7 aliphatic heterocycles. The average Bonchev–Trinajstić information content (AvgIpc) is 1.55. The van der Waals surface area contributed by atoms with Gasteiger partial charge in [-0.2, -0.15) is 8.80 Å². The minimum Gasteiger partial charge on any atom is -0.358 e. The molecule has 132 heavy (non-hydrogen) atoms. The molecule has 0 bridgehead atoms. The average molecular weight is 2050 g/mol. The molecule has 1 atom stereocenters. The van der Waals surface area contributed by atoms with E-state index in [-0.39, 0.29) is 206 Å². The van der Waals surface area contributed by atoms with Crippen LogP contribution in [0.1, 0.15) is 33.4 Å². The maximum atomic E-state index is 4.68. The number of imidazole rings is 2. The zero-order valence-electron chi connectivity index (χ0n) is 78.3. The van der Waals surface area contributed by atoms with Crippen LogP contribution in [0.5, 0.6) is 0 Å². The smallest absolute Gasteiger partial charge is 0.358 e. The Morgan fingerprint density at radius 3 is 1.33 bits per heavy atom. The number of benzene rings is 7. The molecule has 13 aromatic heterocycles. The first-order valence-electron chi connectivity index (χ1n) is 38.6. The Morgan fingerprint density at radius 2 is 0.742 bits per heavy atom. The van der Waals surface area contributed by atoms with Crippen molar-refractivity contribution in [1.82, 2.24) is 52.8 Å². The molecule has 24 heteroatoms. The molecule has 0 saturated heterocycles. The third-order valence-electron chi connectivity index (χ3n) is 22.7. The molecule has 0 fully saturated rings. The number of pyridine rings is 8. The molecule has 0 aliphatic carbocycles. The molecule has 7 aliphatic rings. The van der Waals surface area contributed by atoms with Crippen LogP contribution in [0.4, 0.5) is 11.5 Å². The molecule has 638 valence electrons. The summed E-state index contributed by atoms with van der Waals surface area (Å²) in [7, 11) is 0. The van der Waals surface area contributed by atoms with Gasteiger partial charge in [0, 0.05) is 101 Å². The summed E-state index contributed by atoms with van der Waals surface area (Å²) in [6.45, 7) is 4.58. The Hall–Kier alpha value is -11.4. The Labute approximate surface area is 857 Å². The van der Waals surface area contributed by atoms with Crippen LogP contribution in [0.2, 0.25) is 0 Å². The second kappa shape index (κ2) is 48.3. The molecule has 18 nitrogen and oxygen atoms in total. The Morgan fingerprint density at radius 1 is 0.295 bits per heavy atom. The number of rotatable bonds is 5. The van der Waals surface area contributed by atoms with Gasteiger partial charge in [0.1, 0.15) is 43.7 Å². The fourth-order valence-corrected chi connectivity index (χ4v) is 17.7. The van der Waals surface area contributed by atoms with E-state index in [0.717, 1.165) is 73.7 Å². The number of hydrogen-bond acceptors (Lipinski definition) is 8. The summed E-state index contributed by atoms with van der Waals surface area (Å²) >= 11 is 0. The fraction of sp³-hybridized carbons (Fsp3) is 0.0648. The van der Waals surface area contributed by atoms with Gasteiger partial charge in [0.15, 0.2) is 11.9 Å². The van der Waals surface area contributed by atoms with Crippen molar-refractivity contribution in [2.24, 2.45) is 0 Å². The molecule has 0 radical (unpaired) electrons. The molecule has 20 heterocycles. The van der Waals surface area contributed by atoms with Crippen LogP contribution in [-0.2, 0) is 156 Å². The Bertz CT molecular complexity index is 7190. The van der Waals surface area contributed by atoms with Gasteiger partial charge in [-0.05, 0) is 108 Å². The van der Waals surface area contributed by atoms with Crippen molar-refractivity contribution in [3.05, 3.63) is 489 Å². The minimum atomic E-state index is 0. The van der Waals surface area contributed by atoms with E-state index in [0.29, 0.717) is 6.17 Å². The van der Waals surface area contributed by atoms with Gasteiger partial charge in [-0.3, -0.25) is 0 Å². The first-order valence-corrected chi connectivity index (χ1v) is 38.6. The van der Waals surface area contributed by atoms with E-state index >= 15 is 0 Å². The van der Waals surface area contributed by atoms with Crippen LogP contribution in [0.3, 0.4) is 0 Å². The van der Waals surface area contributed by atoms with Gasteiger partial charge in [0.2, 0.25) is 60.3 Å². The number of aromatic nitrogens is 16. The first kappa shape index (κ1) is 113. The second-order valence-electron chi connectivity index (χ2n) is 29.3. The number of hydrogen-bond donors (Lipinski definition) is 0. The largest absolute Gasteiger partial charge is 2.00 e. The van der Waals surface area contributed by atoms with Crippen LogP contribution < -0.4 is 33.0 Å². The topological polar surface area (TPSA) is 127 Å². The van der Waals surface area contributed by atoms with Gasteiger partial charge in [-0.1, -0.05) is 175 Å². The molecule has 27 rings (SSSR count). The van der Waals surface area contributed by atoms with Crippen molar-refractivity contribution in [3.63, 3.8) is 0 Å². The summed E-state index contributed by atoms with van der Waals surface area (Å²) in [5, 5.41) is 7.79. The Kier molecular flexibility index (Phi) is 41.3. The number of anilines is 2. The molecule has 0 spiro atoms. The maximum Gasteiger partial charge on any atom is 2.00 e. The SMILES string of the molecule is C1=CN2c3ncccc3CC2N1c1ccccc1.[CH3-].[CH3-].[CH3-].[CH3-].[CH3-].[CH3-].[CH3-].[CH3-].[CH3-].[CH3-].[CH3-].[CH3-].[Zn+2].[Zn+2].[Zn+2].[Zn+2].[Zn+2].[Zn+2].c1cc2c3c(c1)c1cccnc1n1cc[n+](c31)C2.c1ccc(-c2cn3[n+](c2)Cc2cccnc2-3)cc1.c1ccc(-c2cn3[n+](c2-c2ccccc2)Cc2cccnc2-3)cc1.c1ccc(-c2cn3c4ncccc4c4cccc5c4c3[n+]2C5)cc1.c1cnc2c(c1)C[n+]1cccn1-2. The van der Waals surface area contributed by atoms with Gasteiger partial charge in [0.05, 0.1) is 68.0 Å². The summed E-state index contributed by atoms with van der Waals surface area (Å²) in [6, 6.07) is 92.8. The van der Waals surface area contributed by atoms with Gasteiger partial charge >= 0.3 is 117 Å². The van der Waals surface area contributed by atoms with Crippen molar-refractivity contribution in [1.29, 1.82) is 0 Å². The summed E-state index contributed by atoms with van der Waals surface area (Å²) in [4.78, 5) is 31.6. The maximum absolute atomic E-state index is 4.68. The normalized spacial score (nSPS) is 11.9. The number of para-hydroxylation sites is 1. The van der Waals surface area contributed by atoms with Gasteiger partial charge in [-0.15, -0.1) is 23.4 Å². The zero-order valence-corrected chi connectivity index (χ0v) is 96.1. The van der Waals surface area contributed by atoms with Gasteiger partial charge < -0.3 is 98.9 Å². The fourth-order valence-electron chi connectivity index (χ4n) is 17.7. The monoisotopic (exact) mass is 2040 g/mol. The first-order chi connectivity index (χ1) is 56.6. The third kappa shape index (κ3) is 20.0. The number of nitrogens with zero attached hydrogens (tertiary/aromatic N) is 18. The van der Waals surface area contributed by atoms with Crippen LogP contribution >= 0.6 is 0 Å².